The molecule has 1 unspecified atom stereocenters. The lowest BCUT2D eigenvalue weighted by Gasteiger charge is -2.12. The Morgan fingerprint density at radius 3 is 2.77 bits per heavy atom. The molecule has 0 fully saturated rings. The molecule has 4 nitrogen and oxygen atoms in total. The fraction of sp³-hybridized carbons (Fsp3) is 0.333. The summed E-state index contributed by atoms with van der Waals surface area (Å²) in [4.78, 5) is 0. The minimum absolute atomic E-state index is 0.150. The Bertz CT molecular complexity index is 289. The monoisotopic (exact) mass is 182 g/mol. The minimum atomic E-state index is -0.727. The average molecular weight is 182 g/mol. The number of hydrogen-bond donors (Lipinski definition) is 3. The molecule has 0 saturated heterocycles. The SMILES string of the molecule is COc1ccc(N)c(C(O)CN)c1. The zero-order chi connectivity index (χ0) is 9.84. The molecule has 0 spiro atoms. The van der Waals surface area contributed by atoms with E-state index in [1.54, 1.807) is 25.3 Å². The van der Waals surface area contributed by atoms with E-state index in [1.807, 2.05) is 0 Å². The molecule has 0 aliphatic heterocycles. The predicted molar refractivity (Wildman–Crippen MR) is 51.4 cm³/mol. The summed E-state index contributed by atoms with van der Waals surface area (Å²) >= 11 is 0. The van der Waals surface area contributed by atoms with E-state index >= 15 is 0 Å². The second kappa shape index (κ2) is 4.11. The summed E-state index contributed by atoms with van der Waals surface area (Å²) in [5, 5.41) is 9.47. The summed E-state index contributed by atoms with van der Waals surface area (Å²) in [6.07, 6.45) is -0.727. The molecule has 0 radical (unpaired) electrons. The van der Waals surface area contributed by atoms with Gasteiger partial charge in [0.15, 0.2) is 0 Å². The Morgan fingerprint density at radius 1 is 1.54 bits per heavy atom. The van der Waals surface area contributed by atoms with Crippen LogP contribution in [0.25, 0.3) is 0 Å². The van der Waals surface area contributed by atoms with Gasteiger partial charge >= 0.3 is 0 Å². The second-order valence-corrected chi connectivity index (χ2v) is 2.75. The average Bonchev–Trinajstić information content (AvgIpc) is 2.17. The molecule has 5 N–H and O–H groups in total. The fourth-order valence-corrected chi connectivity index (χ4v) is 1.10. The van der Waals surface area contributed by atoms with Gasteiger partial charge in [-0.05, 0) is 18.2 Å². The molecule has 0 bridgehead atoms. The first-order valence-electron chi connectivity index (χ1n) is 4.00. The van der Waals surface area contributed by atoms with Crippen LogP contribution in [0.1, 0.15) is 11.7 Å². The quantitative estimate of drug-likeness (QED) is 0.586. The van der Waals surface area contributed by atoms with Crippen LogP contribution >= 0.6 is 0 Å². The standard InChI is InChI=1S/C9H14N2O2/c1-13-6-2-3-8(11)7(4-6)9(12)5-10/h2-4,9,12H,5,10-11H2,1H3. The lowest BCUT2D eigenvalue weighted by molar-refractivity contribution is 0.187. The Balaban J connectivity index is 3.03. The van der Waals surface area contributed by atoms with E-state index in [0.717, 1.165) is 0 Å². The first-order valence-corrected chi connectivity index (χ1v) is 4.00. The van der Waals surface area contributed by atoms with Crippen LogP contribution in [0.5, 0.6) is 5.75 Å². The molecule has 0 aliphatic rings. The number of ether oxygens (including phenoxy) is 1. The van der Waals surface area contributed by atoms with Crippen molar-refractivity contribution >= 4 is 5.69 Å². The van der Waals surface area contributed by atoms with Gasteiger partial charge < -0.3 is 21.3 Å². The van der Waals surface area contributed by atoms with Crippen molar-refractivity contribution in [3.05, 3.63) is 23.8 Å². The first kappa shape index (κ1) is 9.83. The van der Waals surface area contributed by atoms with Crippen LogP contribution in [0.2, 0.25) is 0 Å². The van der Waals surface area contributed by atoms with Gasteiger partial charge in [0.2, 0.25) is 0 Å². The number of rotatable bonds is 3. The maximum atomic E-state index is 9.47. The van der Waals surface area contributed by atoms with Gasteiger partial charge in [0.1, 0.15) is 5.75 Å². The van der Waals surface area contributed by atoms with Gasteiger partial charge in [-0.2, -0.15) is 0 Å². The van der Waals surface area contributed by atoms with E-state index in [2.05, 4.69) is 0 Å². The van der Waals surface area contributed by atoms with E-state index in [1.165, 1.54) is 0 Å². The van der Waals surface area contributed by atoms with Gasteiger partial charge in [0.05, 0.1) is 13.2 Å². The Hall–Kier alpha value is -1.26. The van der Waals surface area contributed by atoms with Gasteiger partial charge in [0.25, 0.3) is 0 Å². The van der Waals surface area contributed by atoms with Crippen molar-refractivity contribution in [3.63, 3.8) is 0 Å². The van der Waals surface area contributed by atoms with Crippen LogP contribution in [0, 0.1) is 0 Å². The summed E-state index contributed by atoms with van der Waals surface area (Å²) in [5.41, 5.74) is 12.1. The smallest absolute Gasteiger partial charge is 0.119 e. The Labute approximate surface area is 77.1 Å². The second-order valence-electron chi connectivity index (χ2n) is 2.75. The van der Waals surface area contributed by atoms with Crippen molar-refractivity contribution < 1.29 is 9.84 Å². The van der Waals surface area contributed by atoms with E-state index in [-0.39, 0.29) is 6.54 Å². The van der Waals surface area contributed by atoms with E-state index in [9.17, 15) is 5.11 Å². The van der Waals surface area contributed by atoms with Crippen molar-refractivity contribution in [2.75, 3.05) is 19.4 Å². The van der Waals surface area contributed by atoms with Gasteiger partial charge in [0, 0.05) is 17.8 Å². The molecule has 1 atom stereocenters. The maximum Gasteiger partial charge on any atom is 0.119 e. The van der Waals surface area contributed by atoms with Gasteiger partial charge in [-0.25, -0.2) is 0 Å². The molecule has 0 heterocycles. The largest absolute Gasteiger partial charge is 0.497 e. The molecular weight excluding hydrogens is 168 g/mol. The van der Waals surface area contributed by atoms with Gasteiger partial charge in [-0.3, -0.25) is 0 Å². The van der Waals surface area contributed by atoms with Crippen molar-refractivity contribution in [1.29, 1.82) is 0 Å². The highest BCUT2D eigenvalue weighted by molar-refractivity contribution is 5.51. The first-order chi connectivity index (χ1) is 6.19. The zero-order valence-electron chi connectivity index (χ0n) is 7.53. The topological polar surface area (TPSA) is 81.5 Å². The van der Waals surface area contributed by atoms with Crippen LogP contribution in [-0.4, -0.2) is 18.8 Å². The number of aliphatic hydroxyl groups is 1. The number of aliphatic hydroxyl groups excluding tert-OH is 1. The van der Waals surface area contributed by atoms with Crippen molar-refractivity contribution in [1.82, 2.24) is 0 Å². The zero-order valence-corrected chi connectivity index (χ0v) is 7.53. The van der Waals surface area contributed by atoms with Crippen LogP contribution in [0.15, 0.2) is 18.2 Å². The lowest BCUT2D eigenvalue weighted by atomic mass is 10.1. The van der Waals surface area contributed by atoms with Crippen LogP contribution in [0.4, 0.5) is 5.69 Å². The van der Waals surface area contributed by atoms with E-state index < -0.39 is 6.10 Å². The molecule has 1 rings (SSSR count). The molecule has 72 valence electrons. The molecule has 0 aliphatic carbocycles. The molecule has 0 amide bonds. The molecular formula is C9H14N2O2. The number of nitrogen functional groups attached to an aromatic ring is 1. The molecule has 13 heavy (non-hydrogen) atoms. The van der Waals surface area contributed by atoms with Crippen molar-refractivity contribution in [3.8, 4) is 5.75 Å². The molecule has 4 heteroatoms. The molecule has 0 saturated carbocycles. The Morgan fingerprint density at radius 2 is 2.23 bits per heavy atom. The summed E-state index contributed by atoms with van der Waals surface area (Å²) in [7, 11) is 1.56. The van der Waals surface area contributed by atoms with E-state index in [0.29, 0.717) is 17.0 Å². The molecule has 0 aromatic heterocycles. The maximum absolute atomic E-state index is 9.47. The van der Waals surface area contributed by atoms with Crippen molar-refractivity contribution in [2.24, 2.45) is 5.73 Å². The highest BCUT2D eigenvalue weighted by Gasteiger charge is 2.09. The normalized spacial score (nSPS) is 12.5. The minimum Gasteiger partial charge on any atom is -0.497 e. The van der Waals surface area contributed by atoms with E-state index in [4.69, 9.17) is 16.2 Å². The third-order valence-corrected chi connectivity index (χ3v) is 1.88. The third kappa shape index (κ3) is 2.11. The molecule has 1 aromatic carbocycles. The summed E-state index contributed by atoms with van der Waals surface area (Å²) < 4.78 is 5.00. The third-order valence-electron chi connectivity index (χ3n) is 1.88. The fourth-order valence-electron chi connectivity index (χ4n) is 1.10. The number of nitrogens with two attached hydrogens (primary N) is 2. The van der Waals surface area contributed by atoms with Gasteiger partial charge in [-0.1, -0.05) is 0 Å². The highest BCUT2D eigenvalue weighted by Crippen LogP contribution is 2.24. The van der Waals surface area contributed by atoms with Crippen LogP contribution in [0.3, 0.4) is 0 Å². The summed E-state index contributed by atoms with van der Waals surface area (Å²) in [6.45, 7) is 0.150. The lowest BCUT2D eigenvalue weighted by Crippen LogP contribution is -2.13. The Kier molecular flexibility index (Phi) is 3.11. The van der Waals surface area contributed by atoms with Gasteiger partial charge in [-0.15, -0.1) is 0 Å². The van der Waals surface area contributed by atoms with Crippen molar-refractivity contribution in [2.45, 2.75) is 6.10 Å². The number of anilines is 1. The number of benzene rings is 1. The van der Waals surface area contributed by atoms with Crippen LogP contribution in [-0.2, 0) is 0 Å². The summed E-state index contributed by atoms with van der Waals surface area (Å²) in [6, 6.07) is 5.11. The summed E-state index contributed by atoms with van der Waals surface area (Å²) in [5.74, 6) is 0.664. The number of hydrogen-bond acceptors (Lipinski definition) is 4. The predicted octanol–water partition coefficient (Wildman–Crippen LogP) is 0.270. The van der Waals surface area contributed by atoms with Crippen LogP contribution < -0.4 is 16.2 Å². The molecule has 1 aromatic rings. The number of methoxy groups -OCH3 is 1. The highest BCUT2D eigenvalue weighted by atomic mass is 16.5.